The Kier molecular flexibility index (Phi) is 11.4. The monoisotopic (exact) mass is 567 g/mol. The Morgan fingerprint density at radius 2 is 1.52 bits per heavy atom. The van der Waals surface area contributed by atoms with Crippen LogP contribution in [0.5, 0.6) is 5.75 Å². The van der Waals surface area contributed by atoms with Gasteiger partial charge in [-0.25, -0.2) is 4.79 Å². The third-order valence-electron chi connectivity index (χ3n) is 4.59. The molecule has 1 N–H and O–H groups in total. The highest BCUT2D eigenvalue weighted by molar-refractivity contribution is 14.1. The Morgan fingerprint density at radius 1 is 0.909 bits per heavy atom. The summed E-state index contributed by atoms with van der Waals surface area (Å²) in [5, 5.41) is 3.16. The second-order valence-corrected chi connectivity index (χ2v) is 7.92. The zero-order chi connectivity index (χ0) is 24.2. The van der Waals surface area contributed by atoms with Crippen molar-refractivity contribution in [3.8, 4) is 5.75 Å². The molecule has 1 unspecified atom stereocenters. The average Bonchev–Trinajstić information content (AvgIpc) is 2.84. The fourth-order valence-electron chi connectivity index (χ4n) is 3.08. The maximum absolute atomic E-state index is 13.7. The molecule has 0 aliphatic rings. The van der Waals surface area contributed by atoms with Crippen LogP contribution in [0.2, 0.25) is 0 Å². The van der Waals surface area contributed by atoms with Gasteiger partial charge in [0.05, 0.1) is 17.3 Å². The van der Waals surface area contributed by atoms with Crippen molar-refractivity contribution in [1.82, 2.24) is 0 Å². The lowest BCUT2D eigenvalue weighted by Gasteiger charge is -2.25. The molecule has 0 saturated carbocycles. The minimum absolute atomic E-state index is 0.170. The van der Waals surface area contributed by atoms with Crippen LogP contribution in [0.4, 0.5) is 5.69 Å². The fraction of sp³-hybridized carbons (Fsp3) is 0.360. The highest BCUT2D eigenvalue weighted by atomic mass is 127. The molecule has 0 heterocycles. The number of hydrogen-bond acceptors (Lipinski definition) is 7. The van der Waals surface area contributed by atoms with Crippen LogP contribution in [0.1, 0.15) is 31.1 Å². The van der Waals surface area contributed by atoms with Crippen LogP contribution in [-0.2, 0) is 19.0 Å². The van der Waals surface area contributed by atoms with Crippen molar-refractivity contribution in [3.63, 3.8) is 0 Å². The summed E-state index contributed by atoms with van der Waals surface area (Å²) in [5.41, 5.74) is 1.28. The lowest BCUT2D eigenvalue weighted by Crippen LogP contribution is -2.38. The summed E-state index contributed by atoms with van der Waals surface area (Å²) in [5.74, 6) is -0.219. The molecule has 0 bridgehead atoms. The van der Waals surface area contributed by atoms with Crippen LogP contribution in [0.25, 0.3) is 0 Å². The molecule has 0 amide bonds. The first-order valence-electron chi connectivity index (χ1n) is 10.8. The lowest BCUT2D eigenvalue weighted by atomic mass is 9.96. The number of rotatable bonds is 13. The van der Waals surface area contributed by atoms with E-state index in [0.29, 0.717) is 33.8 Å². The summed E-state index contributed by atoms with van der Waals surface area (Å²) in [6, 6.07) is 14.8. The highest BCUT2D eigenvalue weighted by Crippen LogP contribution is 2.29. The number of benzene rings is 2. The van der Waals surface area contributed by atoms with Crippen LogP contribution < -0.4 is 10.1 Å². The molecule has 2 aromatic rings. The Balaban J connectivity index is 2.62. The van der Waals surface area contributed by atoms with E-state index in [0.717, 1.165) is 0 Å². The molecular formula is C25H30INO6. The smallest absolute Gasteiger partial charge is 0.333 e. The van der Waals surface area contributed by atoms with Crippen LogP contribution in [0, 0.1) is 0 Å². The minimum atomic E-state index is -1.08. The van der Waals surface area contributed by atoms with Crippen molar-refractivity contribution in [3.05, 3.63) is 69.3 Å². The topological polar surface area (TPSA) is 83.1 Å². The molecule has 8 heteroatoms. The largest absolute Gasteiger partial charge is 0.497 e. The van der Waals surface area contributed by atoms with E-state index in [1.807, 2.05) is 42.5 Å². The molecule has 2 rings (SSSR count). The van der Waals surface area contributed by atoms with E-state index in [1.165, 1.54) is 0 Å². The number of anilines is 1. The summed E-state index contributed by atoms with van der Waals surface area (Å²) >= 11 is 2.03. The first kappa shape index (κ1) is 26.8. The number of carbonyl (C=O) groups excluding carboxylic acids is 2. The van der Waals surface area contributed by atoms with E-state index in [-0.39, 0.29) is 18.0 Å². The van der Waals surface area contributed by atoms with Gasteiger partial charge in [-0.1, -0.05) is 30.3 Å². The Hall–Kier alpha value is -2.43. The standard InChI is InChI=1S/C25H30INO6/c1-5-31-24(29)22(27-18-13-15-19(30-4)16-14-18)20(21(26)25(32-6-2)33-7-3)23(28)17-11-9-8-10-12-17/h8-16,22,25,27H,5-7H2,1-4H3/b21-20-. The van der Waals surface area contributed by atoms with E-state index in [4.69, 9.17) is 18.9 Å². The predicted molar refractivity (Wildman–Crippen MR) is 136 cm³/mol. The number of ketones is 1. The predicted octanol–water partition coefficient (Wildman–Crippen LogP) is 5.01. The van der Waals surface area contributed by atoms with Crippen molar-refractivity contribution in [2.24, 2.45) is 0 Å². The van der Waals surface area contributed by atoms with Crippen LogP contribution in [0.15, 0.2) is 63.8 Å². The van der Waals surface area contributed by atoms with Gasteiger partial charge >= 0.3 is 5.97 Å². The van der Waals surface area contributed by atoms with E-state index >= 15 is 0 Å². The van der Waals surface area contributed by atoms with Gasteiger partial charge in [-0.15, -0.1) is 0 Å². The minimum Gasteiger partial charge on any atom is -0.497 e. The number of ether oxygens (including phenoxy) is 4. The van der Waals surface area contributed by atoms with Crippen molar-refractivity contribution in [1.29, 1.82) is 0 Å². The lowest BCUT2D eigenvalue weighted by molar-refractivity contribution is -0.143. The Morgan fingerprint density at radius 3 is 2.03 bits per heavy atom. The summed E-state index contributed by atoms with van der Waals surface area (Å²) < 4.78 is 22.5. The molecule has 0 spiro atoms. The molecule has 7 nitrogen and oxygen atoms in total. The summed E-state index contributed by atoms with van der Waals surface area (Å²) in [4.78, 5) is 26.8. The summed E-state index contributed by atoms with van der Waals surface area (Å²) in [6.07, 6.45) is -0.794. The third kappa shape index (κ3) is 7.55. The number of halogens is 1. The molecule has 0 aliphatic heterocycles. The quantitative estimate of drug-likeness (QED) is 0.120. The van der Waals surface area contributed by atoms with Gasteiger partial charge in [0.1, 0.15) is 5.75 Å². The number of carbonyl (C=O) groups is 2. The molecule has 0 aliphatic carbocycles. The number of esters is 1. The van der Waals surface area contributed by atoms with Crippen molar-refractivity contribution in [2.75, 3.05) is 32.2 Å². The number of hydrogen-bond donors (Lipinski definition) is 1. The second-order valence-electron chi connectivity index (χ2n) is 6.76. The van der Waals surface area contributed by atoms with Crippen molar-refractivity contribution >= 4 is 40.0 Å². The van der Waals surface area contributed by atoms with Crippen molar-refractivity contribution in [2.45, 2.75) is 33.1 Å². The zero-order valence-corrected chi connectivity index (χ0v) is 21.5. The molecule has 0 radical (unpaired) electrons. The molecule has 0 fully saturated rings. The first-order chi connectivity index (χ1) is 16.0. The number of methoxy groups -OCH3 is 1. The van der Waals surface area contributed by atoms with Crippen LogP contribution in [0.3, 0.4) is 0 Å². The summed E-state index contributed by atoms with van der Waals surface area (Å²) in [6.45, 7) is 6.32. The zero-order valence-electron chi connectivity index (χ0n) is 19.3. The van der Waals surface area contributed by atoms with E-state index in [2.05, 4.69) is 5.32 Å². The average molecular weight is 567 g/mol. The molecule has 0 aromatic heterocycles. The maximum atomic E-state index is 13.7. The van der Waals surface area contributed by atoms with Gasteiger partial charge in [0.15, 0.2) is 18.1 Å². The van der Waals surface area contributed by atoms with Gasteiger partial charge in [0.2, 0.25) is 0 Å². The first-order valence-corrected chi connectivity index (χ1v) is 11.8. The van der Waals surface area contributed by atoms with Gasteiger partial charge in [-0.3, -0.25) is 4.79 Å². The summed E-state index contributed by atoms with van der Waals surface area (Å²) in [7, 11) is 1.58. The molecule has 2 aromatic carbocycles. The van der Waals surface area contributed by atoms with Gasteiger partial charge in [-0.05, 0) is 67.6 Å². The second kappa shape index (κ2) is 14.0. The molecule has 0 saturated heterocycles. The van der Waals surface area contributed by atoms with Crippen molar-refractivity contribution < 1.29 is 28.5 Å². The van der Waals surface area contributed by atoms with E-state index in [1.54, 1.807) is 62.6 Å². The van der Waals surface area contributed by atoms with E-state index in [9.17, 15) is 9.59 Å². The highest BCUT2D eigenvalue weighted by Gasteiger charge is 2.34. The molecule has 1 atom stereocenters. The normalized spacial score (nSPS) is 12.7. The van der Waals surface area contributed by atoms with Gasteiger partial charge in [-0.2, -0.15) is 0 Å². The van der Waals surface area contributed by atoms with Gasteiger partial charge in [0, 0.05) is 30.0 Å². The number of Topliss-reactive ketones (excluding diaryl/α,β-unsaturated/α-hetero) is 1. The van der Waals surface area contributed by atoms with E-state index < -0.39 is 18.3 Å². The third-order valence-corrected chi connectivity index (χ3v) is 5.68. The molecule has 33 heavy (non-hydrogen) atoms. The van der Waals surface area contributed by atoms with Crippen LogP contribution in [-0.4, -0.2) is 51.0 Å². The Bertz CT molecular complexity index is 924. The molecular weight excluding hydrogens is 537 g/mol. The van der Waals surface area contributed by atoms with Gasteiger partial charge < -0.3 is 24.3 Å². The fourth-order valence-corrected chi connectivity index (χ4v) is 3.99. The maximum Gasteiger partial charge on any atom is 0.333 e. The molecule has 178 valence electrons. The Labute approximate surface area is 208 Å². The SMILES string of the molecule is CCOC(=O)C(Nc1ccc(OC)cc1)/C(C(=O)c1ccccc1)=C(/I)C(OCC)OCC. The van der Waals surface area contributed by atoms with Gasteiger partial charge in [0.25, 0.3) is 0 Å². The number of nitrogens with one attached hydrogen (secondary N) is 1. The van der Waals surface area contributed by atoms with Crippen LogP contribution >= 0.6 is 22.6 Å².